The first-order valence-corrected chi connectivity index (χ1v) is 8.35. The fraction of sp³-hybridized carbons (Fsp3) is 0.294. The zero-order chi connectivity index (χ0) is 16.2. The number of methoxy groups -OCH3 is 1. The summed E-state index contributed by atoms with van der Waals surface area (Å²) in [4.78, 5) is 6.46. The van der Waals surface area contributed by atoms with Crippen molar-refractivity contribution in [2.45, 2.75) is 6.42 Å². The minimum absolute atomic E-state index is 0.223. The molecule has 0 saturated heterocycles. The molecule has 5 nitrogen and oxygen atoms in total. The highest BCUT2D eigenvalue weighted by atomic mass is 32.1. The molecule has 1 aromatic carbocycles. The van der Waals surface area contributed by atoms with E-state index in [0.717, 1.165) is 17.7 Å². The molecule has 0 bridgehead atoms. The standard InChI is InChI=1S/C17H19N3O2S/c1-22-9-5-8-20-10-14(21)15(16(20)18)17-19-13(11-23-17)12-6-3-2-4-7-12/h2-4,6-7,11,18,21H,5,8-10H2,1H3. The van der Waals surface area contributed by atoms with Crippen LogP contribution in [-0.2, 0) is 4.74 Å². The van der Waals surface area contributed by atoms with E-state index in [1.54, 1.807) is 7.11 Å². The molecule has 3 rings (SSSR count). The molecule has 6 heteroatoms. The molecule has 1 aliphatic heterocycles. The number of rotatable bonds is 6. The Labute approximate surface area is 139 Å². The number of benzene rings is 1. The third kappa shape index (κ3) is 3.28. The summed E-state index contributed by atoms with van der Waals surface area (Å²) in [6.07, 6.45) is 0.826. The molecule has 0 aliphatic carbocycles. The van der Waals surface area contributed by atoms with Crippen LogP contribution in [0.3, 0.4) is 0 Å². The highest BCUT2D eigenvalue weighted by molar-refractivity contribution is 7.11. The van der Waals surface area contributed by atoms with Crippen molar-refractivity contribution in [3.63, 3.8) is 0 Å². The summed E-state index contributed by atoms with van der Waals surface area (Å²) >= 11 is 1.46. The lowest BCUT2D eigenvalue weighted by atomic mass is 10.2. The van der Waals surface area contributed by atoms with Gasteiger partial charge >= 0.3 is 0 Å². The molecule has 0 spiro atoms. The number of nitrogens with one attached hydrogen (secondary N) is 1. The van der Waals surface area contributed by atoms with Gasteiger partial charge in [0.1, 0.15) is 16.6 Å². The minimum Gasteiger partial charge on any atom is -0.510 e. The Morgan fingerprint density at radius 3 is 2.87 bits per heavy atom. The van der Waals surface area contributed by atoms with Crippen LogP contribution < -0.4 is 0 Å². The average Bonchev–Trinajstić information content (AvgIpc) is 3.14. The van der Waals surface area contributed by atoms with Crippen molar-refractivity contribution >= 4 is 22.7 Å². The number of ether oxygens (including phenoxy) is 1. The van der Waals surface area contributed by atoms with Gasteiger partial charge in [-0.1, -0.05) is 30.3 Å². The van der Waals surface area contributed by atoms with Gasteiger partial charge < -0.3 is 14.7 Å². The minimum atomic E-state index is 0.223. The maximum atomic E-state index is 10.3. The van der Waals surface area contributed by atoms with Crippen molar-refractivity contribution in [3.8, 4) is 11.3 Å². The van der Waals surface area contributed by atoms with E-state index in [0.29, 0.717) is 36.1 Å². The molecule has 2 heterocycles. The third-order valence-corrected chi connectivity index (χ3v) is 4.61. The van der Waals surface area contributed by atoms with Gasteiger partial charge in [-0.05, 0) is 6.42 Å². The number of thiazole rings is 1. The molecular formula is C17H19N3O2S. The number of hydrogen-bond donors (Lipinski definition) is 2. The summed E-state index contributed by atoms with van der Waals surface area (Å²) in [5.74, 6) is 0.564. The Balaban J connectivity index is 1.78. The lowest BCUT2D eigenvalue weighted by Crippen LogP contribution is -2.28. The summed E-state index contributed by atoms with van der Waals surface area (Å²) in [6.45, 7) is 1.71. The predicted octanol–water partition coefficient (Wildman–Crippen LogP) is 3.41. The van der Waals surface area contributed by atoms with Gasteiger partial charge in [0.2, 0.25) is 0 Å². The lowest BCUT2D eigenvalue weighted by Gasteiger charge is -2.17. The van der Waals surface area contributed by atoms with Crippen LogP contribution in [0.5, 0.6) is 0 Å². The van der Waals surface area contributed by atoms with E-state index in [2.05, 4.69) is 4.98 Å². The van der Waals surface area contributed by atoms with Gasteiger partial charge in [-0.3, -0.25) is 5.41 Å². The average molecular weight is 329 g/mol. The SMILES string of the molecule is COCCCN1CC(O)=C(c2nc(-c3ccccc3)cs2)C1=N. The largest absolute Gasteiger partial charge is 0.510 e. The van der Waals surface area contributed by atoms with Crippen molar-refractivity contribution in [1.82, 2.24) is 9.88 Å². The number of hydrogen-bond acceptors (Lipinski definition) is 5. The fourth-order valence-electron chi connectivity index (χ4n) is 2.58. The normalized spacial score (nSPS) is 14.8. The summed E-state index contributed by atoms with van der Waals surface area (Å²) in [6, 6.07) is 9.92. The Hall–Kier alpha value is -2.18. The molecule has 120 valence electrons. The zero-order valence-corrected chi connectivity index (χ0v) is 13.8. The number of aromatic nitrogens is 1. The van der Waals surface area contributed by atoms with Crippen LogP contribution in [0.15, 0.2) is 41.5 Å². The maximum absolute atomic E-state index is 10.3. The van der Waals surface area contributed by atoms with Gasteiger partial charge in [-0.25, -0.2) is 4.98 Å². The summed E-state index contributed by atoms with van der Waals surface area (Å²) in [5, 5.41) is 21.2. The molecule has 0 amide bonds. The first-order chi connectivity index (χ1) is 11.2. The van der Waals surface area contributed by atoms with Crippen molar-refractivity contribution in [3.05, 3.63) is 46.5 Å². The van der Waals surface area contributed by atoms with Crippen LogP contribution in [0.25, 0.3) is 16.8 Å². The molecule has 1 aliphatic rings. The topological polar surface area (TPSA) is 69.4 Å². The van der Waals surface area contributed by atoms with Crippen LogP contribution in [0.1, 0.15) is 11.4 Å². The smallest absolute Gasteiger partial charge is 0.135 e. The van der Waals surface area contributed by atoms with E-state index in [9.17, 15) is 5.11 Å². The molecule has 0 saturated carbocycles. The molecule has 0 fully saturated rings. The predicted molar refractivity (Wildman–Crippen MR) is 92.9 cm³/mol. The highest BCUT2D eigenvalue weighted by Gasteiger charge is 2.29. The third-order valence-electron chi connectivity index (χ3n) is 3.75. The Morgan fingerprint density at radius 1 is 1.35 bits per heavy atom. The van der Waals surface area contributed by atoms with Gasteiger partial charge in [0.15, 0.2) is 0 Å². The van der Waals surface area contributed by atoms with Crippen molar-refractivity contribution in [2.24, 2.45) is 0 Å². The fourth-order valence-corrected chi connectivity index (χ4v) is 3.47. The van der Waals surface area contributed by atoms with Crippen molar-refractivity contribution in [1.29, 1.82) is 5.41 Å². The molecule has 23 heavy (non-hydrogen) atoms. The Kier molecular flexibility index (Phi) is 4.73. The van der Waals surface area contributed by atoms with Gasteiger partial charge in [0.05, 0.1) is 17.8 Å². The Morgan fingerprint density at radius 2 is 2.13 bits per heavy atom. The molecule has 2 aromatic rings. The Bertz CT molecular complexity index is 724. The first-order valence-electron chi connectivity index (χ1n) is 7.47. The molecule has 0 radical (unpaired) electrons. The van der Waals surface area contributed by atoms with E-state index in [1.807, 2.05) is 40.6 Å². The second-order valence-electron chi connectivity index (χ2n) is 5.34. The van der Waals surface area contributed by atoms with Gasteiger partial charge in [-0.15, -0.1) is 11.3 Å². The molecule has 2 N–H and O–H groups in total. The summed E-state index contributed by atoms with van der Waals surface area (Å²) in [5.41, 5.74) is 2.46. The highest BCUT2D eigenvalue weighted by Crippen LogP contribution is 2.32. The van der Waals surface area contributed by atoms with E-state index >= 15 is 0 Å². The van der Waals surface area contributed by atoms with E-state index in [-0.39, 0.29) is 5.76 Å². The van der Waals surface area contributed by atoms with Gasteiger partial charge in [-0.2, -0.15) is 0 Å². The van der Waals surface area contributed by atoms with Gasteiger partial charge in [0, 0.05) is 31.2 Å². The van der Waals surface area contributed by atoms with Crippen LogP contribution >= 0.6 is 11.3 Å². The maximum Gasteiger partial charge on any atom is 0.135 e. The van der Waals surface area contributed by atoms with Crippen LogP contribution in [0.4, 0.5) is 0 Å². The van der Waals surface area contributed by atoms with Crippen LogP contribution in [-0.4, -0.2) is 47.6 Å². The van der Waals surface area contributed by atoms with Crippen molar-refractivity contribution < 1.29 is 9.84 Å². The number of aliphatic hydroxyl groups is 1. The molecule has 0 unspecified atom stereocenters. The van der Waals surface area contributed by atoms with Gasteiger partial charge in [0.25, 0.3) is 0 Å². The first kappa shape index (κ1) is 15.7. The summed E-state index contributed by atoms with van der Waals surface area (Å²) < 4.78 is 5.04. The second-order valence-corrected chi connectivity index (χ2v) is 6.20. The van der Waals surface area contributed by atoms with Crippen molar-refractivity contribution in [2.75, 3.05) is 26.8 Å². The van der Waals surface area contributed by atoms with Crippen LogP contribution in [0.2, 0.25) is 0 Å². The van der Waals surface area contributed by atoms with E-state index < -0.39 is 0 Å². The molecule has 0 atom stereocenters. The lowest BCUT2D eigenvalue weighted by molar-refractivity contribution is 0.186. The molecular weight excluding hydrogens is 310 g/mol. The zero-order valence-electron chi connectivity index (χ0n) is 13.0. The monoisotopic (exact) mass is 329 g/mol. The van der Waals surface area contributed by atoms with E-state index in [4.69, 9.17) is 10.1 Å². The quantitative estimate of drug-likeness (QED) is 0.797. The van der Waals surface area contributed by atoms with E-state index in [1.165, 1.54) is 11.3 Å². The van der Waals surface area contributed by atoms with Crippen LogP contribution in [0, 0.1) is 5.41 Å². The number of nitrogens with zero attached hydrogens (tertiary/aromatic N) is 2. The summed E-state index contributed by atoms with van der Waals surface area (Å²) in [7, 11) is 1.66. The molecule has 1 aromatic heterocycles. The number of aliphatic hydroxyl groups excluding tert-OH is 1. The second kappa shape index (κ2) is 6.93. The number of amidine groups is 1.